The summed E-state index contributed by atoms with van der Waals surface area (Å²) in [7, 11) is 0. The standard InChI is InChI=1S/C18H21N3O2/c1-13-8-15(10-18(2,3)9-13)20-21-17(22)12-23-16-6-4-14(11-19)5-7-16/h4-8H,9-10,12H2,1-3H3,(H,21,22). The molecule has 0 heterocycles. The van der Waals surface area contributed by atoms with E-state index in [0.717, 1.165) is 18.6 Å². The highest BCUT2D eigenvalue weighted by atomic mass is 16.5. The molecule has 0 spiro atoms. The maximum Gasteiger partial charge on any atom is 0.277 e. The van der Waals surface area contributed by atoms with Crippen LogP contribution in [0.25, 0.3) is 0 Å². The van der Waals surface area contributed by atoms with Gasteiger partial charge in [0.2, 0.25) is 0 Å². The van der Waals surface area contributed by atoms with Crippen molar-refractivity contribution >= 4 is 11.6 Å². The van der Waals surface area contributed by atoms with Gasteiger partial charge in [0, 0.05) is 0 Å². The summed E-state index contributed by atoms with van der Waals surface area (Å²) < 4.78 is 5.36. The molecule has 23 heavy (non-hydrogen) atoms. The highest BCUT2D eigenvalue weighted by molar-refractivity contribution is 5.97. The van der Waals surface area contributed by atoms with Gasteiger partial charge in [-0.25, -0.2) is 5.43 Å². The lowest BCUT2D eigenvalue weighted by Gasteiger charge is -2.29. The molecule has 0 atom stereocenters. The summed E-state index contributed by atoms with van der Waals surface area (Å²) in [6.45, 7) is 6.34. The number of hydrogen-bond donors (Lipinski definition) is 1. The Kier molecular flexibility index (Phi) is 5.17. The highest BCUT2D eigenvalue weighted by Crippen LogP contribution is 2.33. The van der Waals surface area contributed by atoms with Crippen LogP contribution in [0, 0.1) is 16.7 Å². The number of hydrazone groups is 1. The summed E-state index contributed by atoms with van der Waals surface area (Å²) in [6.07, 6.45) is 3.90. The van der Waals surface area contributed by atoms with E-state index in [4.69, 9.17) is 10.00 Å². The second kappa shape index (κ2) is 7.10. The Balaban J connectivity index is 1.86. The van der Waals surface area contributed by atoms with E-state index in [2.05, 4.69) is 31.3 Å². The molecule has 1 amide bonds. The van der Waals surface area contributed by atoms with Crippen LogP contribution in [-0.2, 0) is 4.79 Å². The molecule has 0 aromatic heterocycles. The molecular formula is C18H21N3O2. The normalized spacial score (nSPS) is 18.0. The third kappa shape index (κ3) is 5.26. The molecule has 2 rings (SSSR count). The number of benzene rings is 1. The molecule has 0 fully saturated rings. The summed E-state index contributed by atoms with van der Waals surface area (Å²) in [5.74, 6) is 0.234. The summed E-state index contributed by atoms with van der Waals surface area (Å²) in [5, 5.41) is 12.9. The summed E-state index contributed by atoms with van der Waals surface area (Å²) in [6, 6.07) is 8.64. The summed E-state index contributed by atoms with van der Waals surface area (Å²) in [5.41, 5.74) is 5.40. The highest BCUT2D eigenvalue weighted by Gasteiger charge is 2.24. The maximum atomic E-state index is 11.8. The molecule has 1 aromatic rings. The molecule has 1 N–H and O–H groups in total. The first-order valence-electron chi connectivity index (χ1n) is 7.53. The quantitative estimate of drug-likeness (QED) is 0.868. The van der Waals surface area contributed by atoms with Crippen LogP contribution in [0.5, 0.6) is 5.75 Å². The molecule has 120 valence electrons. The van der Waals surface area contributed by atoms with Crippen LogP contribution in [-0.4, -0.2) is 18.2 Å². The molecule has 5 nitrogen and oxygen atoms in total. The molecule has 0 radical (unpaired) electrons. The van der Waals surface area contributed by atoms with Crippen molar-refractivity contribution in [1.29, 1.82) is 5.26 Å². The van der Waals surface area contributed by atoms with Gasteiger partial charge in [0.1, 0.15) is 5.75 Å². The van der Waals surface area contributed by atoms with Gasteiger partial charge in [-0.1, -0.05) is 19.4 Å². The molecule has 0 bridgehead atoms. The number of nitriles is 1. The van der Waals surface area contributed by atoms with E-state index in [-0.39, 0.29) is 17.9 Å². The van der Waals surface area contributed by atoms with Crippen LogP contribution >= 0.6 is 0 Å². The predicted molar refractivity (Wildman–Crippen MR) is 89.0 cm³/mol. The number of allylic oxidation sites excluding steroid dienone is 2. The van der Waals surface area contributed by atoms with Crippen LogP contribution < -0.4 is 10.2 Å². The number of rotatable bonds is 4. The lowest BCUT2D eigenvalue weighted by atomic mass is 9.77. The lowest BCUT2D eigenvalue weighted by molar-refractivity contribution is -0.123. The zero-order valence-electron chi connectivity index (χ0n) is 13.7. The van der Waals surface area contributed by atoms with Gasteiger partial charge in [-0.05, 0) is 55.5 Å². The molecular weight excluding hydrogens is 290 g/mol. The fraction of sp³-hybridized carbons (Fsp3) is 0.389. The summed E-state index contributed by atoms with van der Waals surface area (Å²) >= 11 is 0. The van der Waals surface area contributed by atoms with E-state index < -0.39 is 0 Å². The van der Waals surface area contributed by atoms with E-state index >= 15 is 0 Å². The average molecular weight is 311 g/mol. The fourth-order valence-electron chi connectivity index (χ4n) is 2.71. The fourth-order valence-corrected chi connectivity index (χ4v) is 2.71. The second-order valence-electron chi connectivity index (χ2n) is 6.57. The predicted octanol–water partition coefficient (Wildman–Crippen LogP) is 3.18. The Morgan fingerprint density at radius 1 is 1.35 bits per heavy atom. The molecule has 1 aliphatic carbocycles. The molecule has 0 saturated heterocycles. The topological polar surface area (TPSA) is 74.5 Å². The van der Waals surface area contributed by atoms with Gasteiger partial charge in [-0.15, -0.1) is 0 Å². The van der Waals surface area contributed by atoms with Gasteiger partial charge in [-0.2, -0.15) is 10.4 Å². The van der Waals surface area contributed by atoms with Gasteiger partial charge in [0.15, 0.2) is 6.61 Å². The van der Waals surface area contributed by atoms with Crippen molar-refractivity contribution in [3.05, 3.63) is 41.5 Å². The van der Waals surface area contributed by atoms with Crippen LogP contribution in [0.15, 0.2) is 41.0 Å². The Bertz CT molecular complexity index is 679. The van der Waals surface area contributed by atoms with Crippen molar-refractivity contribution < 1.29 is 9.53 Å². The van der Waals surface area contributed by atoms with E-state index in [0.29, 0.717) is 11.3 Å². The molecule has 1 aliphatic rings. The van der Waals surface area contributed by atoms with Crippen LogP contribution in [0.2, 0.25) is 0 Å². The van der Waals surface area contributed by atoms with E-state index in [1.807, 2.05) is 12.1 Å². The largest absolute Gasteiger partial charge is 0.484 e. The molecule has 0 saturated carbocycles. The smallest absolute Gasteiger partial charge is 0.277 e. The summed E-state index contributed by atoms with van der Waals surface area (Å²) in [4.78, 5) is 11.8. The monoisotopic (exact) mass is 311 g/mol. The first-order valence-corrected chi connectivity index (χ1v) is 7.53. The molecule has 0 aliphatic heterocycles. The van der Waals surface area contributed by atoms with E-state index in [1.54, 1.807) is 24.3 Å². The van der Waals surface area contributed by atoms with Crippen molar-refractivity contribution in [3.63, 3.8) is 0 Å². The van der Waals surface area contributed by atoms with Crippen molar-refractivity contribution in [3.8, 4) is 11.8 Å². The Morgan fingerprint density at radius 3 is 2.65 bits per heavy atom. The van der Waals surface area contributed by atoms with Gasteiger partial charge < -0.3 is 4.74 Å². The Labute approximate surface area is 136 Å². The Morgan fingerprint density at radius 2 is 2.04 bits per heavy atom. The Hall–Kier alpha value is -2.61. The van der Waals surface area contributed by atoms with Gasteiger partial charge in [-0.3, -0.25) is 4.79 Å². The maximum absolute atomic E-state index is 11.8. The first-order chi connectivity index (χ1) is 10.9. The number of ether oxygens (including phenoxy) is 1. The third-order valence-corrected chi connectivity index (χ3v) is 3.51. The number of nitrogens with zero attached hydrogens (tertiary/aromatic N) is 2. The number of carbonyl (C=O) groups excluding carboxylic acids is 1. The SMILES string of the molecule is CC1=CC(=NNC(=O)COc2ccc(C#N)cc2)CC(C)(C)C1. The van der Waals surface area contributed by atoms with Crippen LogP contribution in [0.4, 0.5) is 0 Å². The van der Waals surface area contributed by atoms with Crippen molar-refractivity contribution in [2.24, 2.45) is 10.5 Å². The minimum Gasteiger partial charge on any atom is -0.484 e. The zero-order chi connectivity index (χ0) is 16.9. The minimum absolute atomic E-state index is 0.116. The third-order valence-electron chi connectivity index (χ3n) is 3.51. The van der Waals surface area contributed by atoms with Gasteiger partial charge in [0.25, 0.3) is 5.91 Å². The first kappa shape index (κ1) is 16.8. The minimum atomic E-state index is -0.309. The van der Waals surface area contributed by atoms with Crippen molar-refractivity contribution in [1.82, 2.24) is 5.43 Å². The van der Waals surface area contributed by atoms with Gasteiger partial charge in [0.05, 0.1) is 17.3 Å². The second-order valence-corrected chi connectivity index (χ2v) is 6.57. The van der Waals surface area contributed by atoms with E-state index in [1.165, 1.54) is 5.57 Å². The zero-order valence-corrected chi connectivity index (χ0v) is 13.7. The van der Waals surface area contributed by atoms with Crippen molar-refractivity contribution in [2.75, 3.05) is 6.61 Å². The number of carbonyl (C=O) groups is 1. The van der Waals surface area contributed by atoms with Gasteiger partial charge >= 0.3 is 0 Å². The molecule has 5 heteroatoms. The number of hydrogen-bond acceptors (Lipinski definition) is 4. The molecule has 1 aromatic carbocycles. The molecule has 0 unspecified atom stereocenters. The number of amides is 1. The van der Waals surface area contributed by atoms with Crippen molar-refractivity contribution in [2.45, 2.75) is 33.6 Å². The van der Waals surface area contributed by atoms with Crippen LogP contribution in [0.3, 0.4) is 0 Å². The lowest BCUT2D eigenvalue weighted by Crippen LogP contribution is -2.28. The van der Waals surface area contributed by atoms with Crippen LogP contribution in [0.1, 0.15) is 39.2 Å². The average Bonchev–Trinajstić information content (AvgIpc) is 2.49. The number of nitrogens with one attached hydrogen (secondary N) is 1. The van der Waals surface area contributed by atoms with E-state index in [9.17, 15) is 4.79 Å².